The van der Waals surface area contributed by atoms with Gasteiger partial charge in [-0.15, -0.1) is 0 Å². The molecule has 0 aliphatic carbocycles. The minimum Gasteiger partial charge on any atom is -0.384 e. The van der Waals surface area contributed by atoms with E-state index >= 15 is 0 Å². The van der Waals surface area contributed by atoms with Crippen LogP contribution in [0.2, 0.25) is 0 Å². The predicted octanol–water partition coefficient (Wildman–Crippen LogP) is 3.77. The number of hydrogen-bond acceptors (Lipinski definition) is 2. The van der Waals surface area contributed by atoms with Gasteiger partial charge in [-0.2, -0.15) is 0 Å². The molecule has 2 aromatic carbocycles. The van der Waals surface area contributed by atoms with Gasteiger partial charge in [-0.05, 0) is 60.6 Å². The van der Waals surface area contributed by atoms with Crippen molar-refractivity contribution in [1.82, 2.24) is 0 Å². The van der Waals surface area contributed by atoms with Gasteiger partial charge in [0.05, 0.1) is 0 Å². The van der Waals surface area contributed by atoms with E-state index in [1.54, 1.807) is 0 Å². The molecule has 1 aliphatic rings. The number of aryl methyl sites for hydroxylation is 2. The van der Waals surface area contributed by atoms with Gasteiger partial charge >= 0.3 is 0 Å². The van der Waals surface area contributed by atoms with E-state index in [0.29, 0.717) is 0 Å². The van der Waals surface area contributed by atoms with Crippen molar-refractivity contribution < 1.29 is 5.11 Å². The van der Waals surface area contributed by atoms with Gasteiger partial charge < -0.3 is 10.0 Å². The van der Waals surface area contributed by atoms with E-state index in [1.165, 1.54) is 28.8 Å². The third-order valence-corrected chi connectivity index (χ3v) is 4.71. The molecule has 2 heteroatoms. The minimum atomic E-state index is -0.539. The van der Waals surface area contributed by atoms with Crippen molar-refractivity contribution in [3.05, 3.63) is 64.2 Å². The van der Waals surface area contributed by atoms with Crippen molar-refractivity contribution in [3.63, 3.8) is 0 Å². The van der Waals surface area contributed by atoms with Crippen molar-refractivity contribution in [2.45, 2.75) is 32.8 Å². The van der Waals surface area contributed by atoms with Crippen LogP contribution in [-0.4, -0.2) is 18.7 Å². The Morgan fingerprint density at radius 2 is 1.95 bits per heavy atom. The molecule has 0 aromatic heterocycles. The average molecular weight is 281 g/mol. The molecule has 1 N–H and O–H groups in total. The first kappa shape index (κ1) is 14.2. The average Bonchev–Trinajstić information content (AvgIpc) is 2.49. The molecule has 2 aromatic rings. The number of hydrogen-bond donors (Lipinski definition) is 1. The van der Waals surface area contributed by atoms with Crippen LogP contribution in [0.3, 0.4) is 0 Å². The van der Waals surface area contributed by atoms with E-state index in [-0.39, 0.29) is 0 Å². The molecule has 0 amide bonds. The van der Waals surface area contributed by atoms with Crippen LogP contribution in [0, 0.1) is 13.8 Å². The smallest absolute Gasteiger partial charge is 0.104 e. The zero-order valence-corrected chi connectivity index (χ0v) is 13.1. The number of anilines is 1. The molecule has 0 saturated carbocycles. The summed E-state index contributed by atoms with van der Waals surface area (Å²) in [6, 6.07) is 12.5. The number of nitrogens with zero attached hydrogens (tertiary/aromatic N) is 1. The molecule has 1 unspecified atom stereocenters. The maximum atomic E-state index is 10.8. The Balaban J connectivity index is 1.99. The fourth-order valence-electron chi connectivity index (χ4n) is 3.22. The first-order chi connectivity index (χ1) is 10.1. The molecule has 2 nitrogen and oxygen atoms in total. The lowest BCUT2D eigenvalue weighted by Crippen LogP contribution is -2.24. The zero-order valence-electron chi connectivity index (χ0n) is 13.1. The van der Waals surface area contributed by atoms with Crippen molar-refractivity contribution in [2.75, 3.05) is 18.5 Å². The lowest BCUT2D eigenvalue weighted by molar-refractivity contribution is 0.219. The summed E-state index contributed by atoms with van der Waals surface area (Å²) in [5.41, 5.74) is 7.07. The Morgan fingerprint density at radius 3 is 2.76 bits per heavy atom. The summed E-state index contributed by atoms with van der Waals surface area (Å²) in [5, 5.41) is 10.8. The summed E-state index contributed by atoms with van der Waals surface area (Å²) in [7, 11) is 2.14. The Kier molecular flexibility index (Phi) is 3.73. The normalized spacial score (nSPS) is 15.7. The molecule has 1 aliphatic heterocycles. The SMILES string of the molecule is Cc1cccc(C(O)c2ccc3c(c2)CCCN3C)c1C. The van der Waals surface area contributed by atoms with Crippen molar-refractivity contribution in [2.24, 2.45) is 0 Å². The van der Waals surface area contributed by atoms with Gasteiger partial charge in [0.1, 0.15) is 6.10 Å². The Bertz CT molecular complexity index is 663. The van der Waals surface area contributed by atoms with Crippen molar-refractivity contribution in [3.8, 4) is 0 Å². The van der Waals surface area contributed by atoms with Crippen LogP contribution in [0.25, 0.3) is 0 Å². The predicted molar refractivity (Wildman–Crippen MR) is 88.0 cm³/mol. The molecule has 1 atom stereocenters. The fraction of sp³-hybridized carbons (Fsp3) is 0.368. The third-order valence-electron chi connectivity index (χ3n) is 4.71. The standard InChI is InChI=1S/C19H23NO/c1-13-6-4-8-17(14(13)2)19(21)16-9-10-18-15(12-16)7-5-11-20(18)3/h4,6,8-10,12,19,21H,5,7,11H2,1-3H3. The van der Waals surface area contributed by atoms with Gasteiger partial charge in [-0.25, -0.2) is 0 Å². The van der Waals surface area contributed by atoms with Crippen LogP contribution < -0.4 is 4.90 Å². The van der Waals surface area contributed by atoms with E-state index in [2.05, 4.69) is 50.1 Å². The van der Waals surface area contributed by atoms with Gasteiger partial charge in [-0.3, -0.25) is 0 Å². The van der Waals surface area contributed by atoms with E-state index < -0.39 is 6.10 Å². The van der Waals surface area contributed by atoms with Gasteiger partial charge in [0, 0.05) is 19.3 Å². The molecule has 0 saturated heterocycles. The molecule has 0 fully saturated rings. The maximum absolute atomic E-state index is 10.8. The summed E-state index contributed by atoms with van der Waals surface area (Å²) >= 11 is 0. The van der Waals surface area contributed by atoms with Crippen LogP contribution in [0.15, 0.2) is 36.4 Å². The van der Waals surface area contributed by atoms with Crippen LogP contribution in [0.4, 0.5) is 5.69 Å². The van der Waals surface area contributed by atoms with Crippen molar-refractivity contribution >= 4 is 5.69 Å². The van der Waals surface area contributed by atoms with Crippen LogP contribution in [0.5, 0.6) is 0 Å². The Labute approximate surface area is 127 Å². The highest BCUT2D eigenvalue weighted by Crippen LogP contribution is 2.32. The topological polar surface area (TPSA) is 23.5 Å². The molecule has 1 heterocycles. The van der Waals surface area contributed by atoms with Gasteiger partial charge in [0.25, 0.3) is 0 Å². The highest BCUT2D eigenvalue weighted by Gasteiger charge is 2.18. The van der Waals surface area contributed by atoms with E-state index in [9.17, 15) is 5.11 Å². The van der Waals surface area contributed by atoms with Gasteiger partial charge in [0.2, 0.25) is 0 Å². The fourth-order valence-corrected chi connectivity index (χ4v) is 3.22. The van der Waals surface area contributed by atoms with E-state index in [0.717, 1.165) is 24.1 Å². The first-order valence-corrected chi connectivity index (χ1v) is 7.66. The monoisotopic (exact) mass is 281 g/mol. The van der Waals surface area contributed by atoms with Crippen LogP contribution in [0.1, 0.15) is 40.3 Å². The molecular formula is C19H23NO. The quantitative estimate of drug-likeness (QED) is 0.906. The highest BCUT2D eigenvalue weighted by molar-refractivity contribution is 5.57. The number of rotatable bonds is 2. The van der Waals surface area contributed by atoms with Gasteiger partial charge in [0.15, 0.2) is 0 Å². The lowest BCUT2D eigenvalue weighted by Gasteiger charge is -2.28. The van der Waals surface area contributed by atoms with Crippen molar-refractivity contribution in [1.29, 1.82) is 0 Å². The summed E-state index contributed by atoms with van der Waals surface area (Å²) in [4.78, 5) is 2.30. The molecule has 0 radical (unpaired) electrons. The zero-order chi connectivity index (χ0) is 15.0. The number of fused-ring (bicyclic) bond motifs is 1. The third kappa shape index (κ3) is 2.56. The summed E-state index contributed by atoms with van der Waals surface area (Å²) in [6.45, 7) is 5.29. The number of benzene rings is 2. The number of aliphatic hydroxyl groups excluding tert-OH is 1. The van der Waals surface area contributed by atoms with Crippen LogP contribution in [-0.2, 0) is 6.42 Å². The minimum absolute atomic E-state index is 0.539. The van der Waals surface area contributed by atoms with E-state index in [1.807, 2.05) is 12.1 Å². The van der Waals surface area contributed by atoms with Gasteiger partial charge in [-0.1, -0.05) is 30.3 Å². The Hall–Kier alpha value is -1.80. The second kappa shape index (κ2) is 5.53. The van der Waals surface area contributed by atoms with Crippen LogP contribution >= 0.6 is 0 Å². The summed E-state index contributed by atoms with van der Waals surface area (Å²) in [6.07, 6.45) is 1.75. The highest BCUT2D eigenvalue weighted by atomic mass is 16.3. The maximum Gasteiger partial charge on any atom is 0.104 e. The molecular weight excluding hydrogens is 258 g/mol. The summed E-state index contributed by atoms with van der Waals surface area (Å²) < 4.78 is 0. The summed E-state index contributed by atoms with van der Waals surface area (Å²) in [5.74, 6) is 0. The lowest BCUT2D eigenvalue weighted by atomic mass is 9.92. The van der Waals surface area contributed by atoms with E-state index in [4.69, 9.17) is 0 Å². The first-order valence-electron chi connectivity index (χ1n) is 7.66. The molecule has 21 heavy (non-hydrogen) atoms. The molecule has 110 valence electrons. The molecule has 3 rings (SSSR count). The number of aliphatic hydroxyl groups is 1. The second-order valence-electron chi connectivity index (χ2n) is 6.10. The largest absolute Gasteiger partial charge is 0.384 e. The molecule has 0 spiro atoms. The Morgan fingerprint density at radius 1 is 1.14 bits per heavy atom. The second-order valence-corrected chi connectivity index (χ2v) is 6.10. The molecule has 0 bridgehead atoms.